The zero-order chi connectivity index (χ0) is 34.1. The monoisotopic (exact) mass is 653 g/mol. The zero-order valence-corrected chi connectivity index (χ0v) is 22.8. The summed E-state index contributed by atoms with van der Waals surface area (Å²) in [6.07, 6.45) is -20.8. The number of amides is 3. The minimum atomic E-state index is -5.57. The molecule has 0 aliphatic rings. The first-order valence-electron chi connectivity index (χ1n) is 12.1. The number of hydrogen-bond acceptors (Lipinski definition) is 6. The summed E-state index contributed by atoms with van der Waals surface area (Å²) in [5, 5.41) is 0.0538. The van der Waals surface area contributed by atoms with E-state index in [0.717, 1.165) is 38.2 Å². The van der Waals surface area contributed by atoms with Crippen LogP contribution >= 0.6 is 0 Å². The Morgan fingerprint density at radius 2 is 1.42 bits per heavy atom. The largest absolute Gasteiger partial charge is 0.448 e. The van der Waals surface area contributed by atoms with E-state index < -0.39 is 99.2 Å². The Balaban J connectivity index is 2.64. The molecule has 0 aromatic heterocycles. The lowest BCUT2D eigenvalue weighted by molar-refractivity contribution is -0.140. The lowest BCUT2D eigenvalue weighted by atomic mass is 9.83. The fourth-order valence-corrected chi connectivity index (χ4v) is 4.39. The standard InChI is InChI=1S/C27H20F9N3O6/c1-12-18(15-8-3-4-9-17(15)26(31,32)33)20(27(34,35)36)16(11-43-22(37)40)19(13-6-5-7-14(10-13)25(28,29)30)21(12)44-24(42)39(2)45-23(38)41/h3-10H,11H2,1-2H3,(H2,37,40)(H2,38,41). The Kier molecular flexibility index (Phi) is 9.50. The van der Waals surface area contributed by atoms with Gasteiger partial charge in [-0.3, -0.25) is 0 Å². The number of carbonyl (C=O) groups is 3. The van der Waals surface area contributed by atoms with Gasteiger partial charge in [0, 0.05) is 22.3 Å². The summed E-state index contributed by atoms with van der Waals surface area (Å²) >= 11 is 0. The molecule has 0 saturated heterocycles. The summed E-state index contributed by atoms with van der Waals surface area (Å²) < 4.78 is 138. The van der Waals surface area contributed by atoms with Crippen molar-refractivity contribution in [3.8, 4) is 28.0 Å². The summed E-state index contributed by atoms with van der Waals surface area (Å²) in [5.74, 6) is -1.01. The van der Waals surface area contributed by atoms with Crippen LogP contribution in [0, 0.1) is 6.92 Å². The molecule has 0 radical (unpaired) electrons. The molecule has 0 saturated carbocycles. The van der Waals surface area contributed by atoms with Crippen molar-refractivity contribution in [2.75, 3.05) is 7.05 Å². The normalized spacial score (nSPS) is 12.0. The first-order valence-corrected chi connectivity index (χ1v) is 12.1. The molecule has 4 N–H and O–H groups in total. The number of alkyl halides is 9. The highest BCUT2D eigenvalue weighted by atomic mass is 19.4. The summed E-state index contributed by atoms with van der Waals surface area (Å²) in [7, 11) is 0.757. The molecular formula is C27H20F9N3O6. The molecule has 0 aliphatic heterocycles. The van der Waals surface area contributed by atoms with E-state index in [1.807, 2.05) is 0 Å². The van der Waals surface area contributed by atoms with E-state index >= 15 is 0 Å². The Morgan fingerprint density at radius 1 is 0.800 bits per heavy atom. The molecule has 0 heterocycles. The highest BCUT2D eigenvalue weighted by Gasteiger charge is 2.44. The van der Waals surface area contributed by atoms with Crippen LogP contribution in [-0.2, 0) is 34.7 Å². The predicted octanol–water partition coefficient (Wildman–Crippen LogP) is 7.42. The van der Waals surface area contributed by atoms with Gasteiger partial charge in [0.15, 0.2) is 0 Å². The van der Waals surface area contributed by atoms with E-state index in [0.29, 0.717) is 24.3 Å². The van der Waals surface area contributed by atoms with Crippen LogP contribution in [0.4, 0.5) is 53.9 Å². The van der Waals surface area contributed by atoms with E-state index in [-0.39, 0.29) is 5.06 Å². The molecular weight excluding hydrogens is 633 g/mol. The van der Waals surface area contributed by atoms with Crippen LogP contribution in [0.1, 0.15) is 27.8 Å². The van der Waals surface area contributed by atoms with Gasteiger partial charge in [-0.05, 0) is 36.2 Å². The summed E-state index contributed by atoms with van der Waals surface area (Å²) in [6.45, 7) is -0.652. The predicted molar refractivity (Wildman–Crippen MR) is 136 cm³/mol. The fraction of sp³-hybridized carbons (Fsp3) is 0.222. The SMILES string of the molecule is Cc1c(OC(=O)N(C)OC(N)=O)c(-c2cccc(C(F)(F)F)c2)c(COC(N)=O)c(C(F)(F)F)c1-c1ccccc1C(F)(F)F. The highest BCUT2D eigenvalue weighted by molar-refractivity contribution is 5.89. The summed E-state index contributed by atoms with van der Waals surface area (Å²) in [4.78, 5) is 39.8. The maximum Gasteiger partial charge on any atom is 0.448 e. The van der Waals surface area contributed by atoms with E-state index in [1.165, 1.54) is 0 Å². The van der Waals surface area contributed by atoms with Gasteiger partial charge in [0.25, 0.3) is 0 Å². The lowest BCUT2D eigenvalue weighted by Crippen LogP contribution is -2.34. The molecule has 3 aromatic carbocycles. The van der Waals surface area contributed by atoms with Gasteiger partial charge in [-0.1, -0.05) is 30.3 Å². The number of benzene rings is 3. The van der Waals surface area contributed by atoms with Crippen molar-refractivity contribution in [1.82, 2.24) is 5.06 Å². The average molecular weight is 653 g/mol. The number of carbonyl (C=O) groups excluding carboxylic acids is 3. The number of ether oxygens (including phenoxy) is 2. The van der Waals surface area contributed by atoms with Gasteiger partial charge in [0.05, 0.1) is 23.7 Å². The van der Waals surface area contributed by atoms with Gasteiger partial charge in [-0.15, -0.1) is 5.06 Å². The number of nitrogens with two attached hydrogens (primary N) is 2. The molecule has 0 unspecified atom stereocenters. The van der Waals surface area contributed by atoms with Crippen LogP contribution in [0.15, 0.2) is 48.5 Å². The molecule has 0 fully saturated rings. The lowest BCUT2D eigenvalue weighted by Gasteiger charge is -2.28. The van der Waals surface area contributed by atoms with E-state index in [9.17, 15) is 53.9 Å². The van der Waals surface area contributed by atoms with Crippen LogP contribution in [0.25, 0.3) is 22.3 Å². The molecule has 9 nitrogen and oxygen atoms in total. The maximum atomic E-state index is 14.9. The van der Waals surface area contributed by atoms with Crippen molar-refractivity contribution in [2.45, 2.75) is 32.1 Å². The molecule has 0 aliphatic carbocycles. The molecule has 3 aromatic rings. The number of hydrogen-bond donors (Lipinski definition) is 2. The highest BCUT2D eigenvalue weighted by Crippen LogP contribution is 2.52. The van der Waals surface area contributed by atoms with Crippen LogP contribution < -0.4 is 16.2 Å². The zero-order valence-electron chi connectivity index (χ0n) is 22.8. The van der Waals surface area contributed by atoms with Gasteiger partial charge in [0.2, 0.25) is 0 Å². The molecule has 0 bridgehead atoms. The summed E-state index contributed by atoms with van der Waals surface area (Å²) in [5.41, 5.74) is -1.03. The third-order valence-corrected chi connectivity index (χ3v) is 6.09. The average Bonchev–Trinajstić information content (AvgIpc) is 2.90. The molecule has 45 heavy (non-hydrogen) atoms. The molecule has 242 valence electrons. The third kappa shape index (κ3) is 7.68. The number of primary amides is 2. The van der Waals surface area contributed by atoms with Crippen LogP contribution in [0.3, 0.4) is 0 Å². The molecule has 0 spiro atoms. The van der Waals surface area contributed by atoms with Gasteiger partial charge < -0.3 is 25.8 Å². The molecule has 0 atom stereocenters. The van der Waals surface area contributed by atoms with Crippen LogP contribution in [0.2, 0.25) is 0 Å². The molecule has 18 heteroatoms. The second kappa shape index (κ2) is 12.4. The van der Waals surface area contributed by atoms with Crippen LogP contribution in [0.5, 0.6) is 5.75 Å². The van der Waals surface area contributed by atoms with Crippen molar-refractivity contribution >= 4 is 18.3 Å². The van der Waals surface area contributed by atoms with Gasteiger partial charge in [0.1, 0.15) is 12.4 Å². The first-order chi connectivity index (χ1) is 20.6. The van der Waals surface area contributed by atoms with Crippen molar-refractivity contribution in [3.63, 3.8) is 0 Å². The van der Waals surface area contributed by atoms with Crippen molar-refractivity contribution in [3.05, 3.63) is 76.3 Å². The Hall–Kier alpha value is -5.16. The van der Waals surface area contributed by atoms with Crippen molar-refractivity contribution in [1.29, 1.82) is 0 Å². The second-order valence-corrected chi connectivity index (χ2v) is 9.06. The Morgan fingerprint density at radius 3 is 1.96 bits per heavy atom. The van der Waals surface area contributed by atoms with Crippen molar-refractivity contribution in [2.24, 2.45) is 11.5 Å². The first kappa shape index (κ1) is 34.3. The quantitative estimate of drug-likeness (QED) is 0.218. The van der Waals surface area contributed by atoms with Gasteiger partial charge in [-0.25, -0.2) is 14.4 Å². The summed E-state index contributed by atoms with van der Waals surface area (Å²) in [6, 6.07) is 5.61. The number of hydroxylamine groups is 2. The molecule has 3 rings (SSSR count). The fourth-order valence-electron chi connectivity index (χ4n) is 4.39. The van der Waals surface area contributed by atoms with Crippen LogP contribution in [-0.4, -0.2) is 30.4 Å². The second-order valence-electron chi connectivity index (χ2n) is 9.06. The third-order valence-electron chi connectivity index (χ3n) is 6.09. The Bertz CT molecular complexity index is 1640. The molecule has 3 amide bonds. The van der Waals surface area contributed by atoms with E-state index in [4.69, 9.17) is 16.2 Å². The number of nitrogens with zero attached hydrogens (tertiary/aromatic N) is 1. The topological polar surface area (TPSA) is 134 Å². The van der Waals surface area contributed by atoms with Gasteiger partial charge >= 0.3 is 36.8 Å². The van der Waals surface area contributed by atoms with E-state index in [1.54, 1.807) is 0 Å². The van der Waals surface area contributed by atoms with Gasteiger partial charge in [-0.2, -0.15) is 39.5 Å². The maximum absolute atomic E-state index is 14.9. The van der Waals surface area contributed by atoms with E-state index in [2.05, 4.69) is 9.57 Å². The number of rotatable bonds is 5. The Labute approximate surface area is 247 Å². The minimum absolute atomic E-state index is 0.0538. The van der Waals surface area contributed by atoms with Crippen molar-refractivity contribution < 1.29 is 68.2 Å². The number of halogens is 9. The minimum Gasteiger partial charge on any atom is -0.445 e. The smallest absolute Gasteiger partial charge is 0.445 e.